The number of carbonyl (C=O) groups excluding carboxylic acids is 1. The predicted molar refractivity (Wildman–Crippen MR) is 78.4 cm³/mol. The van der Waals surface area contributed by atoms with Crippen molar-refractivity contribution in [1.82, 2.24) is 9.88 Å². The Labute approximate surface area is 123 Å². The summed E-state index contributed by atoms with van der Waals surface area (Å²) >= 11 is 0. The fourth-order valence-corrected chi connectivity index (χ4v) is 1.76. The van der Waals surface area contributed by atoms with E-state index in [2.05, 4.69) is 10.3 Å². The van der Waals surface area contributed by atoms with E-state index in [-0.39, 0.29) is 11.6 Å². The van der Waals surface area contributed by atoms with Crippen LogP contribution in [0.25, 0.3) is 0 Å². The Balaban J connectivity index is 2.77. The molecule has 1 heterocycles. The van der Waals surface area contributed by atoms with Gasteiger partial charge >= 0.3 is 5.97 Å². The van der Waals surface area contributed by atoms with Crippen LogP contribution < -0.4 is 5.32 Å². The Morgan fingerprint density at radius 2 is 2.19 bits per heavy atom. The van der Waals surface area contributed by atoms with E-state index in [1.54, 1.807) is 33.3 Å². The number of amides is 1. The molecule has 2 N–H and O–H groups in total. The molecule has 116 valence electrons. The highest BCUT2D eigenvalue weighted by atomic mass is 16.5. The van der Waals surface area contributed by atoms with Crippen molar-refractivity contribution in [2.24, 2.45) is 0 Å². The summed E-state index contributed by atoms with van der Waals surface area (Å²) in [7, 11) is 4.84. The van der Waals surface area contributed by atoms with E-state index < -0.39 is 12.0 Å². The molecule has 1 aromatic rings. The van der Waals surface area contributed by atoms with E-state index in [0.29, 0.717) is 25.1 Å². The highest BCUT2D eigenvalue weighted by molar-refractivity contribution is 5.92. The molecule has 0 aromatic carbocycles. The normalized spacial score (nSPS) is 11.8. The van der Waals surface area contributed by atoms with Gasteiger partial charge in [-0.05, 0) is 25.0 Å². The largest absolute Gasteiger partial charge is 0.480 e. The van der Waals surface area contributed by atoms with Gasteiger partial charge in [0, 0.05) is 39.7 Å². The number of anilines is 1. The summed E-state index contributed by atoms with van der Waals surface area (Å²) in [6.45, 7) is 0.506. The first kappa shape index (κ1) is 16.9. The first-order chi connectivity index (χ1) is 9.95. The van der Waals surface area contributed by atoms with Gasteiger partial charge in [0.15, 0.2) is 0 Å². The number of carboxylic acids is 1. The van der Waals surface area contributed by atoms with E-state index in [1.165, 1.54) is 11.1 Å². The Morgan fingerprint density at radius 3 is 2.76 bits per heavy atom. The van der Waals surface area contributed by atoms with Crippen molar-refractivity contribution in [3.63, 3.8) is 0 Å². The summed E-state index contributed by atoms with van der Waals surface area (Å²) in [5.74, 6) is -1.17. The van der Waals surface area contributed by atoms with Gasteiger partial charge in [0.1, 0.15) is 11.7 Å². The summed E-state index contributed by atoms with van der Waals surface area (Å²) < 4.78 is 4.92. The molecule has 1 unspecified atom stereocenters. The van der Waals surface area contributed by atoms with Crippen molar-refractivity contribution in [3.8, 4) is 0 Å². The summed E-state index contributed by atoms with van der Waals surface area (Å²) in [6, 6.07) is 2.46. The maximum absolute atomic E-state index is 11.8. The van der Waals surface area contributed by atoms with Gasteiger partial charge in [-0.3, -0.25) is 9.78 Å². The second kappa shape index (κ2) is 8.21. The van der Waals surface area contributed by atoms with Crippen LogP contribution in [0.5, 0.6) is 0 Å². The number of methoxy groups -OCH3 is 1. The molecule has 0 saturated heterocycles. The minimum Gasteiger partial charge on any atom is -0.480 e. The van der Waals surface area contributed by atoms with Gasteiger partial charge in [0.25, 0.3) is 5.91 Å². The van der Waals surface area contributed by atoms with Gasteiger partial charge in [-0.15, -0.1) is 0 Å². The zero-order valence-electron chi connectivity index (χ0n) is 12.5. The molecular weight excluding hydrogens is 274 g/mol. The van der Waals surface area contributed by atoms with E-state index in [4.69, 9.17) is 4.74 Å². The second-order valence-corrected chi connectivity index (χ2v) is 4.80. The van der Waals surface area contributed by atoms with Crippen LogP contribution >= 0.6 is 0 Å². The highest BCUT2D eigenvalue weighted by Gasteiger charge is 2.18. The molecule has 0 aliphatic rings. The molecule has 0 spiro atoms. The number of hydrogen-bond donors (Lipinski definition) is 2. The lowest BCUT2D eigenvalue weighted by molar-refractivity contribution is -0.138. The Hall–Kier alpha value is -2.15. The first-order valence-corrected chi connectivity index (χ1v) is 6.61. The molecular formula is C14H21N3O4. The van der Waals surface area contributed by atoms with Crippen molar-refractivity contribution in [1.29, 1.82) is 0 Å². The number of hydrogen-bond acceptors (Lipinski definition) is 5. The molecule has 0 saturated carbocycles. The number of carboxylic acid groups (broad SMARTS) is 1. The predicted octanol–water partition coefficient (Wildman–Crippen LogP) is 1.08. The highest BCUT2D eigenvalue weighted by Crippen LogP contribution is 2.13. The van der Waals surface area contributed by atoms with Crippen LogP contribution in [0.15, 0.2) is 18.3 Å². The van der Waals surface area contributed by atoms with Crippen LogP contribution in [0.3, 0.4) is 0 Å². The summed E-state index contributed by atoms with van der Waals surface area (Å²) in [5.41, 5.74) is 0.825. The third kappa shape index (κ3) is 5.39. The van der Waals surface area contributed by atoms with E-state index in [9.17, 15) is 14.7 Å². The molecule has 1 atom stereocenters. The molecule has 0 fully saturated rings. The lowest BCUT2D eigenvalue weighted by Crippen LogP contribution is -2.30. The standard InChI is InChI=1S/C14H21N3O4/c1-17(2)13(18)12-9-10(6-7-15-12)16-11(14(19)20)5-4-8-21-3/h6-7,9,11H,4-5,8H2,1-3H3,(H,15,16)(H,19,20). The van der Waals surface area contributed by atoms with Crippen LogP contribution in [0, 0.1) is 0 Å². The Morgan fingerprint density at radius 1 is 1.48 bits per heavy atom. The SMILES string of the molecule is COCCCC(Nc1ccnc(C(=O)N(C)C)c1)C(=O)O. The minimum atomic E-state index is -0.941. The molecule has 1 aromatic heterocycles. The third-order valence-corrected chi connectivity index (χ3v) is 2.87. The number of nitrogens with zero attached hydrogens (tertiary/aromatic N) is 2. The van der Waals surface area contributed by atoms with Gasteiger partial charge in [-0.25, -0.2) is 4.79 Å². The van der Waals surface area contributed by atoms with Crippen LogP contribution in [-0.2, 0) is 9.53 Å². The van der Waals surface area contributed by atoms with Crippen molar-refractivity contribution < 1.29 is 19.4 Å². The van der Waals surface area contributed by atoms with Gasteiger partial charge in [-0.1, -0.05) is 0 Å². The fraction of sp³-hybridized carbons (Fsp3) is 0.500. The zero-order valence-corrected chi connectivity index (χ0v) is 12.5. The lowest BCUT2D eigenvalue weighted by atomic mass is 10.1. The number of aromatic nitrogens is 1. The van der Waals surface area contributed by atoms with Crippen LogP contribution in [-0.4, -0.2) is 60.7 Å². The lowest BCUT2D eigenvalue weighted by Gasteiger charge is -2.16. The van der Waals surface area contributed by atoms with Crippen LogP contribution in [0.4, 0.5) is 5.69 Å². The average Bonchev–Trinajstić information content (AvgIpc) is 2.45. The zero-order chi connectivity index (χ0) is 15.8. The molecule has 0 aliphatic heterocycles. The van der Waals surface area contributed by atoms with Crippen molar-refractivity contribution in [2.45, 2.75) is 18.9 Å². The summed E-state index contributed by atoms with van der Waals surface area (Å²) in [4.78, 5) is 28.5. The monoisotopic (exact) mass is 295 g/mol. The molecule has 0 radical (unpaired) electrons. The average molecular weight is 295 g/mol. The minimum absolute atomic E-state index is 0.232. The van der Waals surface area contributed by atoms with Gasteiger partial charge < -0.3 is 20.1 Å². The van der Waals surface area contributed by atoms with E-state index >= 15 is 0 Å². The first-order valence-electron chi connectivity index (χ1n) is 6.61. The fourth-order valence-electron chi connectivity index (χ4n) is 1.76. The molecule has 1 amide bonds. The smallest absolute Gasteiger partial charge is 0.326 e. The topological polar surface area (TPSA) is 91.8 Å². The maximum Gasteiger partial charge on any atom is 0.326 e. The number of carbonyl (C=O) groups is 2. The van der Waals surface area contributed by atoms with Gasteiger partial charge in [0.05, 0.1) is 0 Å². The van der Waals surface area contributed by atoms with E-state index in [1.807, 2.05) is 0 Å². The van der Waals surface area contributed by atoms with Crippen molar-refractivity contribution >= 4 is 17.6 Å². The molecule has 0 bridgehead atoms. The number of pyridine rings is 1. The van der Waals surface area contributed by atoms with Crippen LogP contribution in [0.1, 0.15) is 23.3 Å². The number of rotatable bonds is 8. The van der Waals surface area contributed by atoms with Crippen molar-refractivity contribution in [3.05, 3.63) is 24.0 Å². The molecule has 7 nitrogen and oxygen atoms in total. The third-order valence-electron chi connectivity index (χ3n) is 2.87. The number of aliphatic carboxylic acids is 1. The second-order valence-electron chi connectivity index (χ2n) is 4.80. The summed E-state index contributed by atoms with van der Waals surface area (Å²) in [5, 5.41) is 12.1. The molecule has 7 heteroatoms. The molecule has 0 aliphatic carbocycles. The van der Waals surface area contributed by atoms with E-state index in [0.717, 1.165) is 0 Å². The molecule has 21 heavy (non-hydrogen) atoms. The van der Waals surface area contributed by atoms with Gasteiger partial charge in [0.2, 0.25) is 0 Å². The quantitative estimate of drug-likeness (QED) is 0.697. The number of nitrogens with one attached hydrogen (secondary N) is 1. The van der Waals surface area contributed by atoms with Crippen LogP contribution in [0.2, 0.25) is 0 Å². The Bertz CT molecular complexity index is 491. The van der Waals surface area contributed by atoms with Gasteiger partial charge in [-0.2, -0.15) is 0 Å². The summed E-state index contributed by atoms with van der Waals surface area (Å²) in [6.07, 6.45) is 2.55. The number of ether oxygens (including phenoxy) is 1. The maximum atomic E-state index is 11.8. The Kier molecular flexibility index (Phi) is 6.61. The molecule has 1 rings (SSSR count). The van der Waals surface area contributed by atoms with Crippen molar-refractivity contribution in [2.75, 3.05) is 33.1 Å².